The van der Waals surface area contributed by atoms with Crippen LogP contribution < -0.4 is 4.74 Å². The van der Waals surface area contributed by atoms with Crippen molar-refractivity contribution in [1.82, 2.24) is 4.98 Å². The number of thioether (sulfide) groups is 1. The first-order valence-electron chi connectivity index (χ1n) is 7.37. The number of hydrogen-bond acceptors (Lipinski definition) is 6. The number of rotatable bonds is 5. The van der Waals surface area contributed by atoms with E-state index in [0.717, 1.165) is 44.8 Å². The molecule has 0 fully saturated rings. The Bertz CT molecular complexity index is 832. The number of thiazole rings is 1. The molecule has 4 rings (SSSR count). The predicted octanol–water partition coefficient (Wildman–Crippen LogP) is 5.36. The molecule has 0 radical (unpaired) electrons. The number of benzene rings is 1. The Morgan fingerprint density at radius 2 is 2.25 bits per heavy atom. The summed E-state index contributed by atoms with van der Waals surface area (Å²) in [5.41, 5.74) is 3.17. The minimum absolute atomic E-state index is 0.297. The molecular weight excluding hydrogens is 366 g/mol. The minimum atomic E-state index is 0.297. The van der Waals surface area contributed by atoms with Crippen molar-refractivity contribution in [2.75, 3.05) is 6.79 Å². The average Bonchev–Trinajstić information content (AvgIpc) is 3.26. The van der Waals surface area contributed by atoms with Crippen molar-refractivity contribution < 1.29 is 13.9 Å². The molecule has 0 saturated carbocycles. The Labute approximate surface area is 152 Å². The maximum atomic E-state index is 6.20. The van der Waals surface area contributed by atoms with Crippen molar-refractivity contribution in [3.63, 3.8) is 0 Å². The second-order valence-electron chi connectivity index (χ2n) is 5.28. The first-order chi connectivity index (χ1) is 11.8. The maximum Gasteiger partial charge on any atom is 0.189 e. The third kappa shape index (κ3) is 3.47. The van der Waals surface area contributed by atoms with Gasteiger partial charge in [0.1, 0.15) is 5.75 Å². The van der Waals surface area contributed by atoms with Crippen LogP contribution in [0.3, 0.4) is 0 Å². The second kappa shape index (κ2) is 7.19. The number of aromatic nitrogens is 1. The molecule has 0 N–H and O–H groups in total. The van der Waals surface area contributed by atoms with Crippen LogP contribution in [0, 0.1) is 0 Å². The largest absolute Gasteiger partial charge is 0.467 e. The van der Waals surface area contributed by atoms with E-state index in [-0.39, 0.29) is 0 Å². The highest BCUT2D eigenvalue weighted by Crippen LogP contribution is 2.35. The van der Waals surface area contributed by atoms with Crippen LogP contribution in [0.15, 0.2) is 40.3 Å². The summed E-state index contributed by atoms with van der Waals surface area (Å²) in [5, 5.41) is 3.70. The molecule has 1 aliphatic rings. The molecule has 7 heteroatoms. The van der Waals surface area contributed by atoms with Gasteiger partial charge in [-0.2, -0.15) is 11.8 Å². The minimum Gasteiger partial charge on any atom is -0.467 e. The summed E-state index contributed by atoms with van der Waals surface area (Å²) in [4.78, 5) is 4.62. The van der Waals surface area contributed by atoms with E-state index in [9.17, 15) is 0 Å². The van der Waals surface area contributed by atoms with Gasteiger partial charge in [-0.3, -0.25) is 0 Å². The standard InChI is InChI=1S/C17H14ClNO3S2/c18-13-4-11-6-20-10-22-16(11)12(5-13)7-23-8-14-9-24-17(19-14)15-2-1-3-21-15/h1-5,9H,6-8,10H2. The Morgan fingerprint density at radius 1 is 1.29 bits per heavy atom. The Balaban J connectivity index is 1.42. The molecule has 0 aliphatic carbocycles. The third-order valence-corrected chi connectivity index (χ3v) is 5.68. The van der Waals surface area contributed by atoms with Gasteiger partial charge in [0.2, 0.25) is 0 Å². The van der Waals surface area contributed by atoms with E-state index in [2.05, 4.69) is 10.4 Å². The lowest BCUT2D eigenvalue weighted by atomic mass is 10.1. The van der Waals surface area contributed by atoms with Gasteiger partial charge in [0.05, 0.1) is 18.6 Å². The lowest BCUT2D eigenvalue weighted by molar-refractivity contribution is -0.0168. The van der Waals surface area contributed by atoms with Crippen molar-refractivity contribution in [2.45, 2.75) is 18.1 Å². The molecule has 0 spiro atoms. The van der Waals surface area contributed by atoms with Crippen LogP contribution in [0.25, 0.3) is 10.8 Å². The van der Waals surface area contributed by atoms with Gasteiger partial charge in [0, 0.05) is 33.0 Å². The number of fused-ring (bicyclic) bond motifs is 1. The van der Waals surface area contributed by atoms with Crippen LogP contribution >= 0.6 is 34.7 Å². The SMILES string of the molecule is Clc1cc2c(c(CSCc3csc(-c4ccco4)n3)c1)OCOC2. The van der Waals surface area contributed by atoms with Crippen LogP contribution in [0.1, 0.15) is 16.8 Å². The van der Waals surface area contributed by atoms with Gasteiger partial charge in [0.15, 0.2) is 17.6 Å². The first-order valence-corrected chi connectivity index (χ1v) is 9.79. The van der Waals surface area contributed by atoms with Crippen molar-refractivity contribution in [2.24, 2.45) is 0 Å². The number of halogens is 1. The third-order valence-electron chi connectivity index (χ3n) is 3.54. The van der Waals surface area contributed by atoms with Crippen molar-refractivity contribution in [1.29, 1.82) is 0 Å². The van der Waals surface area contributed by atoms with Crippen LogP contribution in [-0.4, -0.2) is 11.8 Å². The lowest BCUT2D eigenvalue weighted by Crippen LogP contribution is -2.12. The summed E-state index contributed by atoms with van der Waals surface area (Å²) in [6.45, 7) is 0.844. The molecule has 24 heavy (non-hydrogen) atoms. The second-order valence-corrected chi connectivity index (χ2v) is 7.56. The molecular formula is C17H14ClNO3S2. The van der Waals surface area contributed by atoms with Crippen LogP contribution in [0.5, 0.6) is 5.75 Å². The van der Waals surface area contributed by atoms with Crippen molar-refractivity contribution in [3.05, 3.63) is 57.8 Å². The first kappa shape index (κ1) is 16.0. The normalized spacial score (nSPS) is 13.5. The molecule has 3 heterocycles. The van der Waals surface area contributed by atoms with Crippen molar-refractivity contribution in [3.8, 4) is 16.5 Å². The van der Waals surface area contributed by atoms with Gasteiger partial charge in [-0.15, -0.1) is 11.3 Å². The molecule has 1 aromatic carbocycles. The molecule has 2 aromatic heterocycles. The fourth-order valence-electron chi connectivity index (χ4n) is 2.52. The van der Waals surface area contributed by atoms with Crippen molar-refractivity contribution >= 4 is 34.7 Å². The lowest BCUT2D eigenvalue weighted by Gasteiger charge is -2.21. The van der Waals surface area contributed by atoms with E-state index >= 15 is 0 Å². The van der Waals surface area contributed by atoms with Crippen LogP contribution in [-0.2, 0) is 22.8 Å². The van der Waals surface area contributed by atoms with Crippen LogP contribution in [0.2, 0.25) is 5.02 Å². The fraction of sp³-hybridized carbons (Fsp3) is 0.235. The van der Waals surface area contributed by atoms with Gasteiger partial charge in [-0.1, -0.05) is 11.6 Å². The Morgan fingerprint density at radius 3 is 3.12 bits per heavy atom. The van der Waals surface area contributed by atoms with Crippen LogP contribution in [0.4, 0.5) is 0 Å². The summed E-state index contributed by atoms with van der Waals surface area (Å²) >= 11 is 9.58. The summed E-state index contributed by atoms with van der Waals surface area (Å²) in [7, 11) is 0. The Kier molecular flexibility index (Phi) is 4.80. The molecule has 0 unspecified atom stereocenters. The topological polar surface area (TPSA) is 44.5 Å². The molecule has 0 atom stereocenters. The summed E-state index contributed by atoms with van der Waals surface area (Å²) in [6.07, 6.45) is 1.66. The Hall–Kier alpha value is -1.47. The molecule has 4 nitrogen and oxygen atoms in total. The zero-order valence-electron chi connectivity index (χ0n) is 12.7. The highest BCUT2D eigenvalue weighted by Gasteiger charge is 2.16. The number of furan rings is 1. The highest BCUT2D eigenvalue weighted by molar-refractivity contribution is 7.97. The zero-order valence-corrected chi connectivity index (χ0v) is 15.0. The summed E-state index contributed by atoms with van der Waals surface area (Å²) in [5.74, 6) is 3.37. The smallest absolute Gasteiger partial charge is 0.189 e. The van der Waals surface area contributed by atoms with E-state index in [4.69, 9.17) is 25.5 Å². The van der Waals surface area contributed by atoms with Gasteiger partial charge in [-0.25, -0.2) is 4.98 Å². The van der Waals surface area contributed by atoms with E-state index in [1.165, 1.54) is 0 Å². The van der Waals surface area contributed by atoms with E-state index in [1.807, 2.05) is 24.3 Å². The highest BCUT2D eigenvalue weighted by atomic mass is 35.5. The van der Waals surface area contributed by atoms with E-state index in [1.54, 1.807) is 29.4 Å². The van der Waals surface area contributed by atoms with Gasteiger partial charge in [-0.05, 0) is 24.3 Å². The molecule has 124 valence electrons. The molecule has 1 aliphatic heterocycles. The predicted molar refractivity (Wildman–Crippen MR) is 96.6 cm³/mol. The van der Waals surface area contributed by atoms with E-state index in [0.29, 0.717) is 18.4 Å². The molecule has 0 amide bonds. The zero-order chi connectivity index (χ0) is 16.4. The van der Waals surface area contributed by atoms with Gasteiger partial charge >= 0.3 is 0 Å². The maximum absolute atomic E-state index is 6.20. The number of nitrogens with zero attached hydrogens (tertiary/aromatic N) is 1. The van der Waals surface area contributed by atoms with E-state index < -0.39 is 0 Å². The van der Waals surface area contributed by atoms with Gasteiger partial charge in [0.25, 0.3) is 0 Å². The molecule has 0 saturated heterocycles. The average molecular weight is 380 g/mol. The number of hydrogen-bond donors (Lipinski definition) is 0. The van der Waals surface area contributed by atoms with Gasteiger partial charge < -0.3 is 13.9 Å². The summed E-state index contributed by atoms with van der Waals surface area (Å²) in [6, 6.07) is 7.67. The molecule has 0 bridgehead atoms. The monoisotopic (exact) mass is 379 g/mol. The molecule has 3 aromatic rings. The number of ether oxygens (including phenoxy) is 2. The summed E-state index contributed by atoms with van der Waals surface area (Å²) < 4.78 is 16.3. The fourth-order valence-corrected chi connectivity index (χ4v) is 4.56. The quantitative estimate of drug-likeness (QED) is 0.597.